The van der Waals surface area contributed by atoms with Crippen LogP contribution in [0.4, 0.5) is 0 Å². The van der Waals surface area contributed by atoms with E-state index in [-0.39, 0.29) is 11.1 Å². The molecule has 1 aliphatic rings. The topological polar surface area (TPSA) is 38.7 Å². The lowest BCUT2D eigenvalue weighted by molar-refractivity contribution is -0.101. The fourth-order valence-corrected chi connectivity index (χ4v) is 8.60. The summed E-state index contributed by atoms with van der Waals surface area (Å²) >= 11 is 0. The second-order valence-corrected chi connectivity index (χ2v) is 12.6. The van der Waals surface area contributed by atoms with E-state index in [1.54, 1.807) is 0 Å². The van der Waals surface area contributed by atoms with Crippen LogP contribution >= 0.6 is 0 Å². The number of rotatable bonds is 5. The van der Waals surface area contributed by atoms with Gasteiger partial charge in [-0.1, -0.05) is 88.4 Å². The summed E-state index contributed by atoms with van der Waals surface area (Å²) in [6.07, 6.45) is -0.0567. The monoisotopic (exact) mass is 370 g/mol. The van der Waals surface area contributed by atoms with Crippen LogP contribution in [0.3, 0.4) is 0 Å². The van der Waals surface area contributed by atoms with E-state index >= 15 is 0 Å². The molecular weight excluding hydrogens is 340 g/mol. The van der Waals surface area contributed by atoms with E-state index in [1.807, 2.05) is 0 Å². The predicted octanol–water partition coefficient (Wildman–Crippen LogP) is 3.31. The van der Waals surface area contributed by atoms with Crippen LogP contribution in [0.25, 0.3) is 0 Å². The molecule has 0 saturated carbocycles. The number of aliphatic hydroxyl groups is 1. The van der Waals surface area contributed by atoms with E-state index in [1.165, 1.54) is 10.4 Å². The van der Waals surface area contributed by atoms with Crippen LogP contribution in [0.2, 0.25) is 5.04 Å². The Morgan fingerprint density at radius 1 is 1.00 bits per heavy atom. The maximum Gasteiger partial charge on any atom is 0.261 e. The maximum absolute atomic E-state index is 9.83. The lowest BCUT2D eigenvalue weighted by Gasteiger charge is -2.43. The molecule has 0 radical (unpaired) electrons. The summed E-state index contributed by atoms with van der Waals surface area (Å²) in [4.78, 5) is 0. The first-order valence-corrected chi connectivity index (χ1v) is 11.3. The van der Waals surface area contributed by atoms with Gasteiger partial charge in [-0.25, -0.2) is 0 Å². The highest BCUT2D eigenvalue weighted by molar-refractivity contribution is 6.99. The highest BCUT2D eigenvalue weighted by Gasteiger charge is 2.50. The Labute approximate surface area is 158 Å². The molecular formula is C22H30O3Si. The Hall–Kier alpha value is -1.46. The van der Waals surface area contributed by atoms with Gasteiger partial charge in [-0.05, 0) is 21.3 Å². The maximum atomic E-state index is 9.83. The molecule has 2 aromatic rings. The molecule has 26 heavy (non-hydrogen) atoms. The van der Waals surface area contributed by atoms with Crippen LogP contribution in [0.15, 0.2) is 60.7 Å². The fourth-order valence-electron chi connectivity index (χ4n) is 4.03. The number of ether oxygens (including phenoxy) is 1. The van der Waals surface area contributed by atoms with Crippen LogP contribution in [0.5, 0.6) is 0 Å². The third-order valence-corrected chi connectivity index (χ3v) is 10.4. The van der Waals surface area contributed by atoms with Crippen molar-refractivity contribution in [3.63, 3.8) is 0 Å². The van der Waals surface area contributed by atoms with Crippen molar-refractivity contribution in [2.45, 2.75) is 51.5 Å². The molecule has 0 amide bonds. The zero-order chi connectivity index (χ0) is 18.8. The summed E-state index contributed by atoms with van der Waals surface area (Å²) in [5.74, 6) is 0.295. The van der Waals surface area contributed by atoms with Gasteiger partial charge in [0.1, 0.15) is 0 Å². The summed E-state index contributed by atoms with van der Waals surface area (Å²) in [6, 6.07) is 21.2. The van der Waals surface area contributed by atoms with Gasteiger partial charge in [0, 0.05) is 6.42 Å². The van der Waals surface area contributed by atoms with Crippen molar-refractivity contribution in [3.05, 3.63) is 60.7 Å². The second-order valence-electron chi connectivity index (χ2n) is 8.32. The van der Waals surface area contributed by atoms with Crippen LogP contribution in [-0.4, -0.2) is 32.4 Å². The smallest absolute Gasteiger partial charge is 0.261 e. The number of hydrogen-bond acceptors (Lipinski definition) is 3. The Balaban J connectivity index is 2.03. The molecule has 0 aromatic heterocycles. The molecule has 3 nitrogen and oxygen atoms in total. The average molecular weight is 371 g/mol. The normalized spacial score (nSPS) is 24.0. The van der Waals surface area contributed by atoms with E-state index in [4.69, 9.17) is 9.16 Å². The van der Waals surface area contributed by atoms with Gasteiger partial charge in [0.05, 0.1) is 12.7 Å². The summed E-state index contributed by atoms with van der Waals surface area (Å²) in [7, 11) is -2.53. The van der Waals surface area contributed by atoms with Gasteiger partial charge >= 0.3 is 0 Å². The molecule has 1 fully saturated rings. The molecule has 140 valence electrons. The van der Waals surface area contributed by atoms with Crippen LogP contribution in [-0.2, 0) is 9.16 Å². The van der Waals surface area contributed by atoms with Crippen molar-refractivity contribution in [2.24, 2.45) is 5.92 Å². The average Bonchev–Trinajstić information content (AvgIpc) is 2.94. The molecule has 1 saturated heterocycles. The molecule has 1 N–H and O–H groups in total. The third-order valence-electron chi connectivity index (χ3n) is 5.42. The standard InChI is InChI=1S/C22H30O3Si/c1-17-15-21(23)25-20(17)16-24-26(22(2,3)4,18-11-7-5-8-12-18)19-13-9-6-10-14-19/h5-14,17,20-21,23H,15-16H2,1-4H3/t17-,20+,21+/m0/s1. The van der Waals surface area contributed by atoms with E-state index < -0.39 is 14.6 Å². The van der Waals surface area contributed by atoms with E-state index in [0.717, 1.165) is 0 Å². The van der Waals surface area contributed by atoms with Gasteiger partial charge in [0.2, 0.25) is 0 Å². The minimum absolute atomic E-state index is 0.0455. The largest absolute Gasteiger partial charge is 0.405 e. The summed E-state index contributed by atoms with van der Waals surface area (Å²) in [5.41, 5.74) is 0. The lowest BCUT2D eigenvalue weighted by Crippen LogP contribution is -2.67. The SMILES string of the molecule is C[C@H]1C[C@H](O)O[C@@H]1CO[Si](c1ccccc1)(c1ccccc1)C(C)(C)C. The molecule has 2 aromatic carbocycles. The Morgan fingerprint density at radius 3 is 1.88 bits per heavy atom. The Kier molecular flexibility index (Phi) is 5.68. The minimum atomic E-state index is -2.53. The van der Waals surface area contributed by atoms with Gasteiger partial charge in [-0.15, -0.1) is 0 Å². The second kappa shape index (κ2) is 7.65. The number of benzene rings is 2. The molecule has 3 rings (SSSR count). The van der Waals surface area contributed by atoms with Gasteiger partial charge in [0.25, 0.3) is 8.32 Å². The third kappa shape index (κ3) is 3.65. The molecule has 1 aliphatic heterocycles. The molecule has 0 aliphatic carbocycles. The number of aliphatic hydroxyl groups excluding tert-OH is 1. The molecule has 0 unspecified atom stereocenters. The fraction of sp³-hybridized carbons (Fsp3) is 0.455. The van der Waals surface area contributed by atoms with Gasteiger partial charge in [0.15, 0.2) is 6.29 Å². The first-order valence-electron chi connectivity index (χ1n) is 9.43. The molecule has 3 atom stereocenters. The zero-order valence-electron chi connectivity index (χ0n) is 16.2. The van der Waals surface area contributed by atoms with Crippen molar-refractivity contribution >= 4 is 18.7 Å². The lowest BCUT2D eigenvalue weighted by atomic mass is 10.1. The zero-order valence-corrected chi connectivity index (χ0v) is 17.2. The Bertz CT molecular complexity index is 657. The molecule has 1 heterocycles. The molecule has 4 heteroatoms. The first kappa shape index (κ1) is 19.3. The minimum Gasteiger partial charge on any atom is -0.405 e. The molecule has 0 spiro atoms. The van der Waals surface area contributed by atoms with Gasteiger partial charge in [-0.3, -0.25) is 0 Å². The highest BCUT2D eigenvalue weighted by Crippen LogP contribution is 2.37. The predicted molar refractivity (Wildman–Crippen MR) is 108 cm³/mol. The van der Waals surface area contributed by atoms with Crippen LogP contribution in [0, 0.1) is 5.92 Å². The highest BCUT2D eigenvalue weighted by atomic mass is 28.4. The van der Waals surface area contributed by atoms with Crippen molar-refractivity contribution in [1.29, 1.82) is 0 Å². The number of hydrogen-bond donors (Lipinski definition) is 1. The van der Waals surface area contributed by atoms with Crippen molar-refractivity contribution in [2.75, 3.05) is 6.61 Å². The van der Waals surface area contributed by atoms with Gasteiger partial charge in [-0.2, -0.15) is 0 Å². The summed E-state index contributed by atoms with van der Waals surface area (Å²) < 4.78 is 12.6. The molecule has 0 bridgehead atoms. The van der Waals surface area contributed by atoms with Crippen molar-refractivity contribution in [3.8, 4) is 0 Å². The van der Waals surface area contributed by atoms with E-state index in [9.17, 15) is 5.11 Å². The Morgan fingerprint density at radius 2 is 1.50 bits per heavy atom. The summed E-state index contributed by atoms with van der Waals surface area (Å²) in [6.45, 7) is 9.44. The van der Waals surface area contributed by atoms with Crippen molar-refractivity contribution < 1.29 is 14.3 Å². The van der Waals surface area contributed by atoms with Crippen molar-refractivity contribution in [1.82, 2.24) is 0 Å². The van der Waals surface area contributed by atoms with E-state index in [0.29, 0.717) is 18.9 Å². The van der Waals surface area contributed by atoms with E-state index in [2.05, 4.69) is 88.4 Å². The quantitative estimate of drug-likeness (QED) is 0.821. The summed E-state index contributed by atoms with van der Waals surface area (Å²) in [5, 5.41) is 12.3. The van der Waals surface area contributed by atoms with Crippen LogP contribution in [0.1, 0.15) is 34.1 Å². The first-order chi connectivity index (χ1) is 12.3. The van der Waals surface area contributed by atoms with Crippen LogP contribution < -0.4 is 10.4 Å². The van der Waals surface area contributed by atoms with Gasteiger partial charge < -0.3 is 14.3 Å².